The Bertz CT molecular complexity index is 495. The van der Waals surface area contributed by atoms with E-state index in [0.717, 1.165) is 25.7 Å². The number of hydrogen-bond acceptors (Lipinski definition) is 3. The van der Waals surface area contributed by atoms with Crippen LogP contribution in [-0.4, -0.2) is 29.8 Å². The molecule has 21 heavy (non-hydrogen) atoms. The number of ether oxygens (including phenoxy) is 1. The summed E-state index contributed by atoms with van der Waals surface area (Å²) in [4.78, 5) is 12.5. The van der Waals surface area contributed by atoms with E-state index in [4.69, 9.17) is 9.84 Å². The van der Waals surface area contributed by atoms with Crippen LogP contribution in [0.1, 0.15) is 48.9 Å². The molecule has 1 aromatic carbocycles. The van der Waals surface area contributed by atoms with Crippen LogP contribution < -0.4 is 10.1 Å². The summed E-state index contributed by atoms with van der Waals surface area (Å²) in [5.41, 5.74) is 0.605. The van der Waals surface area contributed by atoms with Crippen LogP contribution >= 0.6 is 0 Å². The normalized spacial score (nSPS) is 19.7. The molecule has 4 heteroatoms. The molecule has 2 N–H and O–H groups in total. The minimum Gasteiger partial charge on any atom is -0.490 e. The lowest BCUT2D eigenvalue weighted by atomic mass is 9.96. The van der Waals surface area contributed by atoms with Crippen LogP contribution in [0.2, 0.25) is 0 Å². The van der Waals surface area contributed by atoms with Crippen molar-refractivity contribution in [3.8, 4) is 5.75 Å². The Morgan fingerprint density at radius 2 is 2.05 bits per heavy atom. The Balaban J connectivity index is 1.67. The monoisotopic (exact) mass is 289 g/mol. The van der Waals surface area contributed by atoms with Gasteiger partial charge in [-0.05, 0) is 56.6 Å². The minimum absolute atomic E-state index is 0.0826. The van der Waals surface area contributed by atoms with Gasteiger partial charge in [0.2, 0.25) is 0 Å². The fourth-order valence-corrected chi connectivity index (χ4v) is 2.73. The van der Waals surface area contributed by atoms with Gasteiger partial charge in [0.05, 0.1) is 11.7 Å². The first kappa shape index (κ1) is 14.4. The molecule has 2 aliphatic rings. The van der Waals surface area contributed by atoms with Gasteiger partial charge in [0.25, 0.3) is 5.91 Å². The maximum atomic E-state index is 12.5. The topological polar surface area (TPSA) is 58.6 Å². The van der Waals surface area contributed by atoms with Crippen molar-refractivity contribution < 1.29 is 14.6 Å². The Morgan fingerprint density at radius 1 is 1.29 bits per heavy atom. The second kappa shape index (κ2) is 6.48. The van der Waals surface area contributed by atoms with Gasteiger partial charge in [-0.1, -0.05) is 12.1 Å². The molecule has 0 radical (unpaired) electrons. The molecular weight excluding hydrogens is 266 g/mol. The average molecular weight is 289 g/mol. The molecule has 3 rings (SSSR count). The molecular formula is C17H23NO3. The summed E-state index contributed by atoms with van der Waals surface area (Å²) in [5.74, 6) is 1.12. The van der Waals surface area contributed by atoms with Gasteiger partial charge in [-0.25, -0.2) is 0 Å². The average Bonchev–Trinajstić information content (AvgIpc) is 3.27. The van der Waals surface area contributed by atoms with Gasteiger partial charge < -0.3 is 15.2 Å². The highest BCUT2D eigenvalue weighted by Crippen LogP contribution is 2.34. The van der Waals surface area contributed by atoms with E-state index >= 15 is 0 Å². The first-order chi connectivity index (χ1) is 10.3. The Hall–Kier alpha value is -1.55. The second-order valence-corrected chi connectivity index (χ2v) is 6.10. The van der Waals surface area contributed by atoms with Crippen LogP contribution in [0.3, 0.4) is 0 Å². The molecule has 0 aliphatic heterocycles. The lowest BCUT2D eigenvalue weighted by molar-refractivity contribution is 0.0900. The van der Waals surface area contributed by atoms with Crippen LogP contribution in [0.15, 0.2) is 24.3 Å². The van der Waals surface area contributed by atoms with Crippen LogP contribution in [-0.2, 0) is 0 Å². The fraction of sp³-hybridized carbons (Fsp3) is 0.588. The van der Waals surface area contributed by atoms with Gasteiger partial charge in [-0.2, -0.15) is 0 Å². The third-order valence-corrected chi connectivity index (χ3v) is 4.43. The summed E-state index contributed by atoms with van der Waals surface area (Å²) >= 11 is 0. The van der Waals surface area contributed by atoms with Gasteiger partial charge in [-0.15, -0.1) is 0 Å². The van der Waals surface area contributed by atoms with E-state index in [9.17, 15) is 4.79 Å². The number of rotatable bonds is 7. The molecule has 0 aromatic heterocycles. The van der Waals surface area contributed by atoms with Crippen molar-refractivity contribution in [2.75, 3.05) is 6.61 Å². The van der Waals surface area contributed by atoms with Crippen molar-refractivity contribution in [2.24, 2.45) is 5.92 Å². The molecule has 0 heterocycles. The zero-order valence-electron chi connectivity index (χ0n) is 12.3. The molecule has 0 bridgehead atoms. The van der Waals surface area contributed by atoms with Crippen molar-refractivity contribution in [1.82, 2.24) is 5.32 Å². The lowest BCUT2D eigenvalue weighted by Crippen LogP contribution is -2.37. The zero-order valence-corrected chi connectivity index (χ0v) is 12.3. The van der Waals surface area contributed by atoms with Gasteiger partial charge in [0.1, 0.15) is 5.75 Å². The quantitative estimate of drug-likeness (QED) is 0.811. The number of carbonyl (C=O) groups excluding carboxylic acids is 1. The molecule has 2 aliphatic carbocycles. The van der Waals surface area contributed by atoms with Crippen molar-refractivity contribution in [3.63, 3.8) is 0 Å². The highest BCUT2D eigenvalue weighted by atomic mass is 16.5. The van der Waals surface area contributed by atoms with E-state index in [1.54, 1.807) is 0 Å². The number of aliphatic hydroxyl groups is 1. The predicted molar refractivity (Wildman–Crippen MR) is 80.4 cm³/mol. The van der Waals surface area contributed by atoms with Gasteiger partial charge >= 0.3 is 0 Å². The summed E-state index contributed by atoms with van der Waals surface area (Å²) in [6.45, 7) is 0.113. The predicted octanol–water partition coefficient (Wildman–Crippen LogP) is 2.51. The third-order valence-electron chi connectivity index (χ3n) is 4.43. The van der Waals surface area contributed by atoms with E-state index < -0.39 is 0 Å². The van der Waals surface area contributed by atoms with Crippen molar-refractivity contribution >= 4 is 5.91 Å². The third kappa shape index (κ3) is 3.56. The largest absolute Gasteiger partial charge is 0.490 e. The molecule has 0 spiro atoms. The highest BCUT2D eigenvalue weighted by Gasteiger charge is 2.32. The summed E-state index contributed by atoms with van der Waals surface area (Å²) in [6, 6.07) is 7.52. The van der Waals surface area contributed by atoms with Crippen molar-refractivity contribution in [2.45, 2.75) is 50.7 Å². The summed E-state index contributed by atoms with van der Waals surface area (Å²) in [6.07, 6.45) is 6.53. The molecule has 1 unspecified atom stereocenters. The maximum Gasteiger partial charge on any atom is 0.255 e. The number of hydrogen-bond donors (Lipinski definition) is 2. The first-order valence-corrected chi connectivity index (χ1v) is 7.95. The van der Waals surface area contributed by atoms with Gasteiger partial charge in [-0.3, -0.25) is 4.79 Å². The molecule has 4 nitrogen and oxygen atoms in total. The molecule has 114 valence electrons. The molecule has 2 saturated carbocycles. The number of para-hydroxylation sites is 1. The first-order valence-electron chi connectivity index (χ1n) is 7.95. The van der Waals surface area contributed by atoms with Gasteiger partial charge in [0, 0.05) is 12.6 Å². The van der Waals surface area contributed by atoms with Crippen LogP contribution in [0.25, 0.3) is 0 Å². The van der Waals surface area contributed by atoms with Gasteiger partial charge in [0.15, 0.2) is 0 Å². The molecule has 1 aromatic rings. The standard InChI is InChI=1S/C17H23NO3/c19-11-10-15(12-8-9-12)18-17(20)14-6-1-2-7-16(14)21-13-4-3-5-13/h1-2,6-7,12-13,15,19H,3-5,8-11H2,(H,18,20). The van der Waals surface area contributed by atoms with E-state index in [2.05, 4.69) is 5.32 Å². The number of aliphatic hydroxyl groups excluding tert-OH is 1. The summed E-state index contributed by atoms with van der Waals surface area (Å²) in [7, 11) is 0. The highest BCUT2D eigenvalue weighted by molar-refractivity contribution is 5.97. The Morgan fingerprint density at radius 3 is 2.67 bits per heavy atom. The van der Waals surface area contributed by atoms with Crippen LogP contribution in [0.5, 0.6) is 5.75 Å². The Labute approximate surface area is 125 Å². The molecule has 1 atom stereocenters. The van der Waals surface area contributed by atoms with Crippen molar-refractivity contribution in [3.05, 3.63) is 29.8 Å². The maximum absolute atomic E-state index is 12.5. The fourth-order valence-electron chi connectivity index (χ4n) is 2.73. The van der Waals surface area contributed by atoms with E-state index in [1.165, 1.54) is 6.42 Å². The Kier molecular flexibility index (Phi) is 4.44. The SMILES string of the molecule is O=C(NC(CCO)C1CC1)c1ccccc1OC1CCC1. The minimum atomic E-state index is -0.0877. The number of benzene rings is 1. The van der Waals surface area contributed by atoms with Crippen LogP contribution in [0.4, 0.5) is 0 Å². The molecule has 0 saturated heterocycles. The number of nitrogens with one attached hydrogen (secondary N) is 1. The van der Waals surface area contributed by atoms with Crippen molar-refractivity contribution in [1.29, 1.82) is 0 Å². The summed E-state index contributed by atoms with van der Waals surface area (Å²) in [5, 5.41) is 12.2. The lowest BCUT2D eigenvalue weighted by Gasteiger charge is -2.27. The number of carbonyl (C=O) groups is 1. The molecule has 2 fully saturated rings. The number of amides is 1. The second-order valence-electron chi connectivity index (χ2n) is 6.10. The van der Waals surface area contributed by atoms with E-state index in [-0.39, 0.29) is 24.7 Å². The van der Waals surface area contributed by atoms with E-state index in [1.807, 2.05) is 24.3 Å². The smallest absolute Gasteiger partial charge is 0.255 e. The van der Waals surface area contributed by atoms with E-state index in [0.29, 0.717) is 23.7 Å². The zero-order chi connectivity index (χ0) is 14.7. The van der Waals surface area contributed by atoms with Crippen LogP contribution in [0, 0.1) is 5.92 Å². The summed E-state index contributed by atoms with van der Waals surface area (Å²) < 4.78 is 5.91. The molecule has 1 amide bonds.